The topological polar surface area (TPSA) is 157 Å². The predicted molar refractivity (Wildman–Crippen MR) is 121 cm³/mol. The van der Waals surface area contributed by atoms with E-state index in [1.165, 1.54) is 6.92 Å². The monoisotopic (exact) mass is 473 g/mol. The van der Waals surface area contributed by atoms with Crippen molar-refractivity contribution >= 4 is 42.1 Å². The average molecular weight is 474 g/mol. The standard InChI is InChI=1S/C22H23N5O5.ClH/c1-13(28)26(17(12-18(29)30)14-6-4-3-5-7-14)27-20(31)22(2,25-21(27)32)16-10-8-15(9-11-16)19(23)24;/h3-11,17H,12H2,1-2H3,(H3,23,24)(H,25,32)(H,29,30);1H/t17-,22+;/m1./s1. The number of nitrogens with one attached hydrogen (secondary N) is 2. The summed E-state index contributed by atoms with van der Waals surface area (Å²) in [6.45, 7) is 2.65. The summed E-state index contributed by atoms with van der Waals surface area (Å²) in [6, 6.07) is 12.6. The van der Waals surface area contributed by atoms with Crippen LogP contribution in [0.2, 0.25) is 0 Å². The molecule has 0 spiro atoms. The van der Waals surface area contributed by atoms with Gasteiger partial charge in [-0.3, -0.25) is 19.8 Å². The first-order chi connectivity index (χ1) is 15.1. The largest absolute Gasteiger partial charge is 0.481 e. The van der Waals surface area contributed by atoms with Gasteiger partial charge < -0.3 is 16.2 Å². The van der Waals surface area contributed by atoms with Crippen LogP contribution in [0, 0.1) is 5.41 Å². The minimum Gasteiger partial charge on any atom is -0.481 e. The van der Waals surface area contributed by atoms with Crippen molar-refractivity contribution in [2.75, 3.05) is 0 Å². The molecule has 33 heavy (non-hydrogen) atoms. The third kappa shape index (κ3) is 4.80. The summed E-state index contributed by atoms with van der Waals surface area (Å²) >= 11 is 0. The molecule has 1 saturated heterocycles. The summed E-state index contributed by atoms with van der Waals surface area (Å²) in [5.74, 6) is -2.74. The predicted octanol–water partition coefficient (Wildman–Crippen LogP) is 2.14. The van der Waals surface area contributed by atoms with Crippen LogP contribution in [0.3, 0.4) is 0 Å². The zero-order valence-electron chi connectivity index (χ0n) is 17.9. The molecule has 0 aromatic heterocycles. The van der Waals surface area contributed by atoms with E-state index in [2.05, 4.69) is 5.32 Å². The van der Waals surface area contributed by atoms with Crippen molar-refractivity contribution in [1.29, 1.82) is 5.41 Å². The van der Waals surface area contributed by atoms with Crippen molar-refractivity contribution < 1.29 is 24.3 Å². The molecular formula is C22H24ClN5O5. The second kappa shape index (κ2) is 9.70. The highest BCUT2D eigenvalue weighted by Gasteiger charge is 2.53. The van der Waals surface area contributed by atoms with E-state index in [1.807, 2.05) is 0 Å². The van der Waals surface area contributed by atoms with Gasteiger partial charge in [-0.15, -0.1) is 12.4 Å². The fourth-order valence-corrected chi connectivity index (χ4v) is 3.68. The normalized spacial score (nSPS) is 18.2. The molecular weight excluding hydrogens is 450 g/mol. The van der Waals surface area contributed by atoms with Crippen LogP contribution in [0.15, 0.2) is 54.6 Å². The second-order valence-electron chi connectivity index (χ2n) is 7.55. The Morgan fingerprint density at radius 3 is 2.21 bits per heavy atom. The highest BCUT2D eigenvalue weighted by molar-refractivity contribution is 6.08. The maximum absolute atomic E-state index is 13.5. The van der Waals surface area contributed by atoms with Crippen molar-refractivity contribution in [3.05, 3.63) is 71.3 Å². The van der Waals surface area contributed by atoms with Gasteiger partial charge >= 0.3 is 12.0 Å². The lowest BCUT2D eigenvalue weighted by Crippen LogP contribution is -2.52. The van der Waals surface area contributed by atoms with Gasteiger partial charge in [0.25, 0.3) is 5.91 Å². The zero-order chi connectivity index (χ0) is 23.6. The Labute approximate surface area is 196 Å². The van der Waals surface area contributed by atoms with Crippen molar-refractivity contribution in [1.82, 2.24) is 15.3 Å². The van der Waals surface area contributed by atoms with Crippen LogP contribution < -0.4 is 11.1 Å². The molecule has 174 valence electrons. The van der Waals surface area contributed by atoms with Crippen molar-refractivity contribution in [2.45, 2.75) is 31.8 Å². The smallest absolute Gasteiger partial charge is 0.344 e. The highest BCUT2D eigenvalue weighted by Crippen LogP contribution is 2.34. The number of nitrogens with two attached hydrogens (primary N) is 1. The molecule has 3 rings (SSSR count). The number of rotatable bonds is 7. The number of halogens is 1. The fraction of sp³-hybridized carbons (Fsp3) is 0.227. The molecule has 2 aromatic carbocycles. The lowest BCUT2D eigenvalue weighted by molar-refractivity contribution is -0.162. The summed E-state index contributed by atoms with van der Waals surface area (Å²) in [6.07, 6.45) is -0.509. The molecule has 4 amide bonds. The Bertz CT molecular complexity index is 1090. The molecule has 0 aliphatic carbocycles. The zero-order valence-corrected chi connectivity index (χ0v) is 18.8. The number of amidine groups is 1. The fourth-order valence-electron chi connectivity index (χ4n) is 3.68. The van der Waals surface area contributed by atoms with E-state index >= 15 is 0 Å². The Morgan fingerprint density at radius 2 is 1.73 bits per heavy atom. The van der Waals surface area contributed by atoms with Gasteiger partial charge in [0, 0.05) is 12.5 Å². The number of hydrazine groups is 1. The number of benzene rings is 2. The van der Waals surface area contributed by atoms with E-state index in [9.17, 15) is 24.3 Å². The Kier molecular flexibility index (Phi) is 7.45. The maximum Gasteiger partial charge on any atom is 0.344 e. The maximum atomic E-state index is 13.5. The van der Waals surface area contributed by atoms with Crippen LogP contribution in [-0.4, -0.2) is 44.8 Å². The molecule has 2 aromatic rings. The molecule has 1 aliphatic rings. The molecule has 1 aliphatic heterocycles. The number of hydrogen-bond donors (Lipinski definition) is 4. The lowest BCUT2D eigenvalue weighted by atomic mass is 9.91. The van der Waals surface area contributed by atoms with Crippen molar-refractivity contribution in [3.8, 4) is 0 Å². The minimum atomic E-state index is -1.51. The highest BCUT2D eigenvalue weighted by atomic mass is 35.5. The Morgan fingerprint density at radius 1 is 1.15 bits per heavy atom. The third-order valence-electron chi connectivity index (χ3n) is 5.33. The van der Waals surface area contributed by atoms with Gasteiger partial charge in [0.1, 0.15) is 11.4 Å². The first kappa shape index (κ1) is 25.3. The third-order valence-corrected chi connectivity index (χ3v) is 5.33. The minimum absolute atomic E-state index is 0. The first-order valence-corrected chi connectivity index (χ1v) is 9.74. The number of hydrogen-bond acceptors (Lipinski definition) is 5. The number of carboxylic acids is 1. The number of nitrogens with zero attached hydrogens (tertiary/aromatic N) is 2. The average Bonchev–Trinajstić information content (AvgIpc) is 2.97. The summed E-state index contributed by atoms with van der Waals surface area (Å²) in [7, 11) is 0. The van der Waals surface area contributed by atoms with Gasteiger partial charge in [0.2, 0.25) is 5.91 Å². The van der Waals surface area contributed by atoms with Gasteiger partial charge in [-0.2, -0.15) is 5.01 Å². The lowest BCUT2D eigenvalue weighted by Gasteiger charge is -2.35. The summed E-state index contributed by atoms with van der Waals surface area (Å²) in [5.41, 5.74) is 5.29. The van der Waals surface area contributed by atoms with E-state index in [1.54, 1.807) is 54.6 Å². The number of urea groups is 1. The number of nitrogen functional groups attached to an aromatic ring is 1. The quantitative estimate of drug-likeness (QED) is 0.274. The van der Waals surface area contributed by atoms with Crippen LogP contribution in [0.4, 0.5) is 4.79 Å². The number of aliphatic carboxylic acids is 1. The second-order valence-corrected chi connectivity index (χ2v) is 7.55. The molecule has 5 N–H and O–H groups in total. The Balaban J connectivity index is 0.00000385. The van der Waals surface area contributed by atoms with E-state index in [-0.39, 0.29) is 18.2 Å². The van der Waals surface area contributed by atoms with Crippen LogP contribution in [0.1, 0.15) is 43.0 Å². The van der Waals surface area contributed by atoms with Crippen LogP contribution in [-0.2, 0) is 19.9 Å². The van der Waals surface area contributed by atoms with Crippen LogP contribution >= 0.6 is 12.4 Å². The SMILES string of the molecule is CC(=O)N([C@H](CC(=O)O)c1ccccc1)N1C(=O)N[C@@](C)(c2ccc(C(=N)N)cc2)C1=O.Cl. The van der Waals surface area contributed by atoms with Crippen LogP contribution in [0.25, 0.3) is 0 Å². The van der Waals surface area contributed by atoms with E-state index in [4.69, 9.17) is 11.1 Å². The molecule has 1 fully saturated rings. The summed E-state index contributed by atoms with van der Waals surface area (Å²) < 4.78 is 0. The first-order valence-electron chi connectivity index (χ1n) is 9.74. The van der Waals surface area contributed by atoms with E-state index < -0.39 is 41.8 Å². The summed E-state index contributed by atoms with van der Waals surface area (Å²) in [5, 5.41) is 21.1. The van der Waals surface area contributed by atoms with Crippen molar-refractivity contribution in [2.24, 2.45) is 5.73 Å². The summed E-state index contributed by atoms with van der Waals surface area (Å²) in [4.78, 5) is 50.5. The molecule has 0 bridgehead atoms. The van der Waals surface area contributed by atoms with E-state index in [0.717, 1.165) is 11.9 Å². The number of carbonyl (C=O) groups excluding carboxylic acids is 3. The Hall–Kier alpha value is -3.92. The number of carboxylic acid groups (broad SMARTS) is 1. The molecule has 0 unspecified atom stereocenters. The molecule has 0 saturated carbocycles. The number of imide groups is 1. The molecule has 10 nitrogen and oxygen atoms in total. The van der Waals surface area contributed by atoms with Crippen molar-refractivity contribution in [3.63, 3.8) is 0 Å². The molecule has 1 heterocycles. The van der Waals surface area contributed by atoms with Gasteiger partial charge in [-0.25, -0.2) is 9.80 Å². The van der Waals surface area contributed by atoms with Gasteiger partial charge in [0.05, 0.1) is 12.5 Å². The number of amides is 4. The molecule has 0 radical (unpaired) electrons. The van der Waals surface area contributed by atoms with Gasteiger partial charge in [-0.1, -0.05) is 54.6 Å². The van der Waals surface area contributed by atoms with Gasteiger partial charge in [-0.05, 0) is 18.1 Å². The number of carbonyl (C=O) groups is 4. The molecule has 11 heteroatoms. The van der Waals surface area contributed by atoms with Gasteiger partial charge in [0.15, 0.2) is 0 Å². The molecule has 2 atom stereocenters. The van der Waals surface area contributed by atoms with Crippen LogP contribution in [0.5, 0.6) is 0 Å². The van der Waals surface area contributed by atoms with E-state index in [0.29, 0.717) is 21.7 Å².